The zero-order valence-corrected chi connectivity index (χ0v) is 13.1. The van der Waals surface area contributed by atoms with Gasteiger partial charge in [-0.25, -0.2) is 4.98 Å². The first-order valence-electron chi connectivity index (χ1n) is 8.44. The van der Waals surface area contributed by atoms with Crippen molar-refractivity contribution >= 4 is 11.5 Å². The van der Waals surface area contributed by atoms with Crippen LogP contribution in [0.1, 0.15) is 45.4 Å². The van der Waals surface area contributed by atoms with E-state index in [0.29, 0.717) is 12.1 Å². The summed E-state index contributed by atoms with van der Waals surface area (Å²) < 4.78 is 5.81. The highest BCUT2D eigenvalue weighted by molar-refractivity contribution is 5.49. The average Bonchev–Trinajstić information content (AvgIpc) is 3.03. The van der Waals surface area contributed by atoms with Crippen LogP contribution < -0.4 is 10.2 Å². The number of aromatic nitrogens is 1. The van der Waals surface area contributed by atoms with Crippen LogP contribution in [0.5, 0.6) is 0 Å². The second kappa shape index (κ2) is 7.12. The number of anilines is 2. The number of nitrogens with one attached hydrogen (secondary N) is 1. The van der Waals surface area contributed by atoms with Gasteiger partial charge in [-0.05, 0) is 44.2 Å². The molecule has 3 rings (SSSR count). The first kappa shape index (κ1) is 14.6. The summed E-state index contributed by atoms with van der Waals surface area (Å²) in [7, 11) is 0. The average molecular weight is 289 g/mol. The quantitative estimate of drug-likeness (QED) is 0.901. The van der Waals surface area contributed by atoms with Crippen LogP contribution in [0.25, 0.3) is 0 Å². The number of ether oxygens (including phenoxy) is 1. The van der Waals surface area contributed by atoms with Crippen molar-refractivity contribution in [1.82, 2.24) is 4.98 Å². The zero-order valence-electron chi connectivity index (χ0n) is 13.1. The fraction of sp³-hybridized carbons (Fsp3) is 0.706. The minimum atomic E-state index is 0.429. The predicted molar refractivity (Wildman–Crippen MR) is 87.0 cm³/mol. The molecule has 1 aromatic rings. The number of rotatable bonds is 5. The van der Waals surface area contributed by atoms with Gasteiger partial charge in [-0.3, -0.25) is 0 Å². The number of hydrogen-bond donors (Lipinski definition) is 1. The second-order valence-corrected chi connectivity index (χ2v) is 6.25. The molecule has 0 spiro atoms. The molecule has 2 aliphatic heterocycles. The third-order valence-electron chi connectivity index (χ3n) is 4.53. The fourth-order valence-corrected chi connectivity index (χ4v) is 3.37. The van der Waals surface area contributed by atoms with Crippen LogP contribution in [0, 0.1) is 0 Å². The van der Waals surface area contributed by atoms with E-state index in [1.54, 1.807) is 0 Å². The summed E-state index contributed by atoms with van der Waals surface area (Å²) >= 11 is 0. The van der Waals surface area contributed by atoms with Gasteiger partial charge in [0.25, 0.3) is 0 Å². The standard InChI is InChI=1S/C17H27N3O/c1-2-5-16-12-14(8-11-21-16)19-15-6-7-17(18-13-15)20-9-3-4-10-20/h6-7,13-14,16,19H,2-5,8-12H2,1H3. The Morgan fingerprint density at radius 2 is 2.19 bits per heavy atom. The Bertz CT molecular complexity index is 426. The molecule has 2 atom stereocenters. The van der Waals surface area contributed by atoms with Crippen molar-refractivity contribution in [2.75, 3.05) is 29.9 Å². The monoisotopic (exact) mass is 289 g/mol. The van der Waals surface area contributed by atoms with E-state index in [0.717, 1.165) is 44.0 Å². The molecule has 4 nitrogen and oxygen atoms in total. The van der Waals surface area contributed by atoms with Gasteiger partial charge in [0.05, 0.1) is 18.0 Å². The highest BCUT2D eigenvalue weighted by Gasteiger charge is 2.22. The van der Waals surface area contributed by atoms with Crippen molar-refractivity contribution in [2.45, 2.75) is 57.6 Å². The Morgan fingerprint density at radius 3 is 2.90 bits per heavy atom. The minimum absolute atomic E-state index is 0.429. The van der Waals surface area contributed by atoms with Crippen LogP contribution in [0.15, 0.2) is 18.3 Å². The molecule has 21 heavy (non-hydrogen) atoms. The van der Waals surface area contributed by atoms with Gasteiger partial charge >= 0.3 is 0 Å². The van der Waals surface area contributed by atoms with Crippen molar-refractivity contribution in [2.24, 2.45) is 0 Å². The molecule has 1 aromatic heterocycles. The molecule has 1 N–H and O–H groups in total. The molecule has 0 radical (unpaired) electrons. The van der Waals surface area contributed by atoms with Crippen molar-refractivity contribution in [3.8, 4) is 0 Å². The highest BCUT2D eigenvalue weighted by Crippen LogP contribution is 2.23. The van der Waals surface area contributed by atoms with Crippen LogP contribution in [0.2, 0.25) is 0 Å². The Kier molecular flexibility index (Phi) is 4.96. The van der Waals surface area contributed by atoms with E-state index in [1.165, 1.54) is 25.7 Å². The summed E-state index contributed by atoms with van der Waals surface area (Å²) in [5, 5.41) is 3.63. The molecule has 2 saturated heterocycles. The molecular formula is C17H27N3O. The zero-order chi connectivity index (χ0) is 14.5. The van der Waals surface area contributed by atoms with E-state index in [-0.39, 0.29) is 0 Å². The van der Waals surface area contributed by atoms with Gasteiger partial charge in [0.1, 0.15) is 5.82 Å². The van der Waals surface area contributed by atoms with Gasteiger partial charge in [0.15, 0.2) is 0 Å². The van der Waals surface area contributed by atoms with Crippen molar-refractivity contribution < 1.29 is 4.74 Å². The second-order valence-electron chi connectivity index (χ2n) is 6.25. The number of pyridine rings is 1. The van der Waals surface area contributed by atoms with Gasteiger partial charge in [-0.2, -0.15) is 0 Å². The molecule has 3 heterocycles. The van der Waals surface area contributed by atoms with Gasteiger partial charge in [-0.15, -0.1) is 0 Å². The highest BCUT2D eigenvalue weighted by atomic mass is 16.5. The SMILES string of the molecule is CCCC1CC(Nc2ccc(N3CCCC3)nc2)CCO1. The lowest BCUT2D eigenvalue weighted by Gasteiger charge is -2.30. The molecular weight excluding hydrogens is 262 g/mol. The van der Waals surface area contributed by atoms with Crippen LogP contribution >= 0.6 is 0 Å². The molecule has 2 unspecified atom stereocenters. The maximum absolute atomic E-state index is 5.81. The van der Waals surface area contributed by atoms with E-state index in [9.17, 15) is 0 Å². The predicted octanol–water partition coefficient (Wildman–Crippen LogP) is 3.44. The van der Waals surface area contributed by atoms with Crippen LogP contribution in [0.3, 0.4) is 0 Å². The van der Waals surface area contributed by atoms with Crippen LogP contribution in [0.4, 0.5) is 11.5 Å². The Morgan fingerprint density at radius 1 is 1.33 bits per heavy atom. The molecule has 2 fully saturated rings. The first-order chi connectivity index (χ1) is 10.3. The summed E-state index contributed by atoms with van der Waals surface area (Å²) in [6.45, 7) is 5.40. The van der Waals surface area contributed by atoms with E-state index in [2.05, 4.69) is 34.3 Å². The minimum Gasteiger partial charge on any atom is -0.381 e. The third-order valence-corrected chi connectivity index (χ3v) is 4.53. The van der Waals surface area contributed by atoms with Gasteiger partial charge in [-0.1, -0.05) is 13.3 Å². The molecule has 4 heteroatoms. The van der Waals surface area contributed by atoms with E-state index in [1.807, 2.05) is 6.20 Å². The number of hydrogen-bond acceptors (Lipinski definition) is 4. The molecule has 0 amide bonds. The van der Waals surface area contributed by atoms with Gasteiger partial charge in [0, 0.05) is 25.7 Å². The smallest absolute Gasteiger partial charge is 0.128 e. The molecule has 0 aliphatic carbocycles. The van der Waals surface area contributed by atoms with E-state index >= 15 is 0 Å². The van der Waals surface area contributed by atoms with E-state index < -0.39 is 0 Å². The molecule has 0 bridgehead atoms. The van der Waals surface area contributed by atoms with E-state index in [4.69, 9.17) is 4.74 Å². The summed E-state index contributed by atoms with van der Waals surface area (Å²) in [5.41, 5.74) is 1.14. The van der Waals surface area contributed by atoms with Crippen molar-refractivity contribution in [3.05, 3.63) is 18.3 Å². The molecule has 2 aliphatic rings. The molecule has 0 aromatic carbocycles. The maximum Gasteiger partial charge on any atom is 0.128 e. The normalized spacial score (nSPS) is 26.0. The lowest BCUT2D eigenvalue weighted by Crippen LogP contribution is -2.34. The summed E-state index contributed by atoms with van der Waals surface area (Å²) in [5.74, 6) is 1.12. The van der Waals surface area contributed by atoms with Crippen LogP contribution in [-0.2, 0) is 4.74 Å². The summed E-state index contributed by atoms with van der Waals surface area (Å²) in [4.78, 5) is 6.98. The molecule has 116 valence electrons. The maximum atomic E-state index is 5.81. The fourth-order valence-electron chi connectivity index (χ4n) is 3.37. The lowest BCUT2D eigenvalue weighted by atomic mass is 10.00. The Balaban J connectivity index is 1.54. The lowest BCUT2D eigenvalue weighted by molar-refractivity contribution is 0.00597. The van der Waals surface area contributed by atoms with Gasteiger partial charge < -0.3 is 15.0 Å². The largest absolute Gasteiger partial charge is 0.381 e. The van der Waals surface area contributed by atoms with Crippen molar-refractivity contribution in [1.29, 1.82) is 0 Å². The van der Waals surface area contributed by atoms with Crippen molar-refractivity contribution in [3.63, 3.8) is 0 Å². The topological polar surface area (TPSA) is 37.4 Å². The third kappa shape index (κ3) is 3.88. The summed E-state index contributed by atoms with van der Waals surface area (Å²) in [6, 6.07) is 4.84. The van der Waals surface area contributed by atoms with Gasteiger partial charge in [0.2, 0.25) is 0 Å². The Hall–Kier alpha value is -1.29. The van der Waals surface area contributed by atoms with Crippen LogP contribution in [-0.4, -0.2) is 36.8 Å². The number of nitrogens with zero attached hydrogens (tertiary/aromatic N) is 2. The molecule has 0 saturated carbocycles. The first-order valence-corrected chi connectivity index (χ1v) is 8.44. The Labute approximate surface area is 127 Å². The summed E-state index contributed by atoms with van der Waals surface area (Å²) in [6.07, 6.45) is 9.57.